The van der Waals surface area contributed by atoms with Gasteiger partial charge in [-0.2, -0.15) is 0 Å². The average Bonchev–Trinajstić information content (AvgIpc) is 2.86. The first kappa shape index (κ1) is 15.1. The molecule has 2 saturated heterocycles. The number of amides is 3. The number of nitrogens with zero attached hydrogens (tertiary/aromatic N) is 3. The number of fused-ring (bicyclic) bond motifs is 1. The minimum Gasteiger partial charge on any atom is -0.334 e. The Kier molecular flexibility index (Phi) is 3.53. The van der Waals surface area contributed by atoms with Crippen LogP contribution >= 0.6 is 11.8 Å². The number of aryl methyl sites for hydroxylation is 1. The number of carbonyl (C=O) groups excluding carboxylic acids is 3. The maximum absolute atomic E-state index is 12.6. The Morgan fingerprint density at radius 2 is 2.04 bits per heavy atom. The van der Waals surface area contributed by atoms with E-state index in [9.17, 15) is 14.4 Å². The van der Waals surface area contributed by atoms with Gasteiger partial charge >= 0.3 is 0 Å². The molecular formula is C17H15N3O3S. The Morgan fingerprint density at radius 3 is 2.75 bits per heavy atom. The molecule has 0 radical (unpaired) electrons. The Bertz CT molecular complexity index is 861. The predicted molar refractivity (Wildman–Crippen MR) is 90.9 cm³/mol. The summed E-state index contributed by atoms with van der Waals surface area (Å²) in [6, 6.07) is 7.20. The van der Waals surface area contributed by atoms with Crippen LogP contribution < -0.4 is 0 Å². The van der Waals surface area contributed by atoms with Crippen LogP contribution in [0.5, 0.6) is 0 Å². The summed E-state index contributed by atoms with van der Waals surface area (Å²) in [5.41, 5.74) is 2.53. The van der Waals surface area contributed by atoms with Crippen molar-refractivity contribution in [1.29, 1.82) is 0 Å². The fourth-order valence-corrected chi connectivity index (χ4v) is 3.88. The molecule has 2 aromatic rings. The Balaban J connectivity index is 1.51. The van der Waals surface area contributed by atoms with Crippen LogP contribution in [-0.4, -0.2) is 56.7 Å². The van der Waals surface area contributed by atoms with Gasteiger partial charge in [0.05, 0.1) is 17.3 Å². The molecule has 4 rings (SSSR count). The number of hydrogen-bond donors (Lipinski definition) is 0. The van der Waals surface area contributed by atoms with Gasteiger partial charge in [0.1, 0.15) is 0 Å². The number of hydrogen-bond acceptors (Lipinski definition) is 5. The summed E-state index contributed by atoms with van der Waals surface area (Å²) >= 11 is 1.03. The molecule has 0 unspecified atom stereocenters. The maximum Gasteiger partial charge on any atom is 0.289 e. The lowest BCUT2D eigenvalue weighted by molar-refractivity contribution is -0.128. The number of likely N-dealkylation sites (tertiary alicyclic amines) is 1. The quantitative estimate of drug-likeness (QED) is 0.836. The predicted octanol–water partition coefficient (Wildman–Crippen LogP) is 2.06. The summed E-state index contributed by atoms with van der Waals surface area (Å²) in [4.78, 5) is 43.3. The molecule has 0 saturated carbocycles. The van der Waals surface area contributed by atoms with Crippen LogP contribution in [0.3, 0.4) is 0 Å². The van der Waals surface area contributed by atoms with Crippen molar-refractivity contribution in [2.24, 2.45) is 0 Å². The van der Waals surface area contributed by atoms with E-state index in [2.05, 4.69) is 4.98 Å². The SMILES string of the molecule is Cc1ccnc2ccc(C(=O)N3CC(N4C(=O)CSC4=O)C3)cc12. The molecular weight excluding hydrogens is 326 g/mol. The first-order valence-electron chi connectivity index (χ1n) is 7.68. The van der Waals surface area contributed by atoms with Crippen molar-refractivity contribution in [1.82, 2.24) is 14.8 Å². The second-order valence-corrected chi connectivity index (χ2v) is 6.97. The Hall–Kier alpha value is -2.41. The Labute approximate surface area is 142 Å². The number of thioether (sulfide) groups is 1. The van der Waals surface area contributed by atoms with E-state index in [-0.39, 0.29) is 28.8 Å². The smallest absolute Gasteiger partial charge is 0.289 e. The third kappa shape index (κ3) is 2.36. The van der Waals surface area contributed by atoms with Crippen LogP contribution in [0.25, 0.3) is 10.9 Å². The van der Waals surface area contributed by atoms with Crippen molar-refractivity contribution < 1.29 is 14.4 Å². The van der Waals surface area contributed by atoms with E-state index >= 15 is 0 Å². The van der Waals surface area contributed by atoms with Crippen molar-refractivity contribution in [2.75, 3.05) is 18.8 Å². The fraction of sp³-hybridized carbons (Fsp3) is 0.294. The second kappa shape index (κ2) is 5.59. The average molecular weight is 341 g/mol. The van der Waals surface area contributed by atoms with Gasteiger partial charge in [-0.15, -0.1) is 0 Å². The van der Waals surface area contributed by atoms with Gasteiger partial charge in [0.25, 0.3) is 11.1 Å². The van der Waals surface area contributed by atoms with Gasteiger partial charge in [0.15, 0.2) is 0 Å². The number of pyridine rings is 1. The maximum atomic E-state index is 12.6. The molecule has 2 fully saturated rings. The largest absolute Gasteiger partial charge is 0.334 e. The van der Waals surface area contributed by atoms with Crippen molar-refractivity contribution in [2.45, 2.75) is 13.0 Å². The van der Waals surface area contributed by atoms with E-state index in [4.69, 9.17) is 0 Å². The highest BCUT2D eigenvalue weighted by Gasteiger charge is 2.43. The van der Waals surface area contributed by atoms with Crippen LogP contribution in [0.15, 0.2) is 30.5 Å². The molecule has 122 valence electrons. The van der Waals surface area contributed by atoms with Gasteiger partial charge in [-0.1, -0.05) is 11.8 Å². The highest BCUT2D eigenvalue weighted by molar-refractivity contribution is 8.14. The number of imide groups is 1. The zero-order valence-electron chi connectivity index (χ0n) is 13.1. The summed E-state index contributed by atoms with van der Waals surface area (Å²) in [5, 5.41) is 0.756. The molecule has 0 N–H and O–H groups in total. The van der Waals surface area contributed by atoms with E-state index in [1.165, 1.54) is 4.90 Å². The summed E-state index contributed by atoms with van der Waals surface area (Å²) in [5.74, 6) is -0.0297. The molecule has 2 aliphatic rings. The molecule has 3 heterocycles. The van der Waals surface area contributed by atoms with E-state index in [0.29, 0.717) is 18.7 Å². The lowest BCUT2D eigenvalue weighted by atomic mass is 10.0. The first-order valence-corrected chi connectivity index (χ1v) is 8.66. The minimum absolute atomic E-state index is 0.0804. The highest BCUT2D eigenvalue weighted by atomic mass is 32.2. The first-order chi connectivity index (χ1) is 11.5. The summed E-state index contributed by atoms with van der Waals surface area (Å²) in [6.45, 7) is 2.79. The molecule has 3 amide bonds. The van der Waals surface area contributed by atoms with Crippen LogP contribution in [-0.2, 0) is 4.79 Å². The van der Waals surface area contributed by atoms with Gasteiger partial charge < -0.3 is 4.90 Å². The van der Waals surface area contributed by atoms with Crippen molar-refractivity contribution in [3.8, 4) is 0 Å². The molecule has 0 spiro atoms. The van der Waals surface area contributed by atoms with Gasteiger partial charge in [-0.25, -0.2) is 0 Å². The van der Waals surface area contributed by atoms with Crippen LogP contribution in [0, 0.1) is 6.92 Å². The van der Waals surface area contributed by atoms with Gasteiger partial charge in [0.2, 0.25) is 5.91 Å². The fourth-order valence-electron chi connectivity index (χ4n) is 3.10. The zero-order valence-corrected chi connectivity index (χ0v) is 13.9. The molecule has 6 nitrogen and oxygen atoms in total. The Morgan fingerprint density at radius 1 is 1.25 bits per heavy atom. The molecule has 7 heteroatoms. The van der Waals surface area contributed by atoms with Crippen LogP contribution in [0.4, 0.5) is 4.79 Å². The number of rotatable bonds is 2. The van der Waals surface area contributed by atoms with Crippen LogP contribution in [0.1, 0.15) is 15.9 Å². The molecule has 0 atom stereocenters. The topological polar surface area (TPSA) is 70.6 Å². The van der Waals surface area contributed by atoms with Crippen LogP contribution in [0.2, 0.25) is 0 Å². The summed E-state index contributed by atoms with van der Waals surface area (Å²) in [6.07, 6.45) is 1.75. The lowest BCUT2D eigenvalue weighted by Crippen LogP contribution is -2.62. The standard InChI is InChI=1S/C17H15N3O3S/c1-10-4-5-18-14-3-2-11(6-13(10)14)16(22)19-7-12(8-19)20-15(21)9-24-17(20)23/h2-6,12H,7-9H2,1H3. The number of carbonyl (C=O) groups is 3. The molecule has 2 aliphatic heterocycles. The van der Waals surface area contributed by atoms with E-state index < -0.39 is 0 Å². The molecule has 1 aromatic heterocycles. The van der Waals surface area contributed by atoms with E-state index in [1.54, 1.807) is 17.2 Å². The summed E-state index contributed by atoms with van der Waals surface area (Å²) in [7, 11) is 0. The highest BCUT2D eigenvalue weighted by Crippen LogP contribution is 2.27. The molecule has 1 aromatic carbocycles. The van der Waals surface area contributed by atoms with Crippen molar-refractivity contribution >= 4 is 39.7 Å². The minimum atomic E-state index is -0.204. The van der Waals surface area contributed by atoms with E-state index in [1.807, 2.05) is 25.1 Å². The van der Waals surface area contributed by atoms with E-state index in [0.717, 1.165) is 28.2 Å². The van der Waals surface area contributed by atoms with Crippen molar-refractivity contribution in [3.63, 3.8) is 0 Å². The third-order valence-corrected chi connectivity index (χ3v) is 5.34. The monoisotopic (exact) mass is 341 g/mol. The number of benzene rings is 1. The van der Waals surface area contributed by atoms with Crippen molar-refractivity contribution in [3.05, 3.63) is 41.6 Å². The molecule has 0 aliphatic carbocycles. The molecule has 0 bridgehead atoms. The zero-order chi connectivity index (χ0) is 16.8. The number of aromatic nitrogens is 1. The normalized spacial score (nSPS) is 18.4. The lowest BCUT2D eigenvalue weighted by Gasteiger charge is -2.42. The second-order valence-electron chi connectivity index (χ2n) is 6.04. The van der Waals surface area contributed by atoms with Gasteiger partial charge in [-0.05, 0) is 36.8 Å². The molecule has 24 heavy (non-hydrogen) atoms. The third-order valence-electron chi connectivity index (χ3n) is 4.51. The van der Waals surface area contributed by atoms with Gasteiger partial charge in [0, 0.05) is 30.2 Å². The summed E-state index contributed by atoms with van der Waals surface area (Å²) < 4.78 is 0. The van der Waals surface area contributed by atoms with Gasteiger partial charge in [-0.3, -0.25) is 24.3 Å².